The van der Waals surface area contributed by atoms with Gasteiger partial charge in [0.2, 0.25) is 0 Å². The van der Waals surface area contributed by atoms with Gasteiger partial charge in [0.05, 0.1) is 0 Å². The van der Waals surface area contributed by atoms with E-state index >= 15 is 0 Å². The molecule has 2 aliphatic heterocycles. The summed E-state index contributed by atoms with van der Waals surface area (Å²) in [4.78, 5) is 14.9. The Bertz CT molecular complexity index is 831. The molecule has 1 amide bonds. The quantitative estimate of drug-likeness (QED) is 0.750. The predicted molar refractivity (Wildman–Crippen MR) is 88.8 cm³/mol. The summed E-state index contributed by atoms with van der Waals surface area (Å²) >= 11 is 0. The van der Waals surface area contributed by atoms with Gasteiger partial charge in [0.1, 0.15) is 11.2 Å². The highest BCUT2D eigenvalue weighted by molar-refractivity contribution is 6.07. The summed E-state index contributed by atoms with van der Waals surface area (Å²) in [5.41, 5.74) is 4.17. The van der Waals surface area contributed by atoms with E-state index in [1.807, 2.05) is 35.2 Å². The van der Waals surface area contributed by atoms with Crippen molar-refractivity contribution < 1.29 is 9.53 Å². The van der Waals surface area contributed by atoms with Crippen molar-refractivity contribution in [2.45, 2.75) is 37.4 Å². The van der Waals surface area contributed by atoms with Gasteiger partial charge in [0, 0.05) is 23.7 Å². The van der Waals surface area contributed by atoms with Crippen molar-refractivity contribution >= 4 is 11.6 Å². The Morgan fingerprint density at radius 1 is 1.13 bits per heavy atom. The summed E-state index contributed by atoms with van der Waals surface area (Å²) in [6, 6.07) is 15.9. The lowest BCUT2D eigenvalue weighted by Crippen LogP contribution is -2.31. The molecule has 3 nitrogen and oxygen atoms in total. The Balaban J connectivity index is 1.62. The van der Waals surface area contributed by atoms with Crippen LogP contribution in [-0.4, -0.2) is 18.1 Å². The van der Waals surface area contributed by atoms with E-state index in [0.29, 0.717) is 5.92 Å². The van der Waals surface area contributed by atoms with Crippen LogP contribution in [0.5, 0.6) is 0 Å². The molecule has 23 heavy (non-hydrogen) atoms. The molecular formula is C20H19NO2. The molecule has 0 saturated carbocycles. The van der Waals surface area contributed by atoms with Crippen molar-refractivity contribution in [3.8, 4) is 0 Å². The van der Waals surface area contributed by atoms with Crippen LogP contribution in [-0.2, 0) is 10.3 Å². The summed E-state index contributed by atoms with van der Waals surface area (Å²) in [7, 11) is 0. The number of ether oxygens (including phenoxy) is 1. The first-order valence-electron chi connectivity index (χ1n) is 8.24. The third-order valence-electron chi connectivity index (χ3n) is 6.00. The number of benzene rings is 2. The van der Waals surface area contributed by atoms with Gasteiger partial charge in [-0.15, -0.1) is 0 Å². The number of anilines is 1. The first-order chi connectivity index (χ1) is 11.0. The van der Waals surface area contributed by atoms with E-state index in [-0.39, 0.29) is 17.1 Å². The zero-order valence-electron chi connectivity index (χ0n) is 13.4. The SMILES string of the molecule is C[C@@]12C[C@H]3CN(C(=O)c4ccccc4)c4cccc(c43)[C@]1(C)O2. The van der Waals surface area contributed by atoms with E-state index in [9.17, 15) is 4.79 Å². The van der Waals surface area contributed by atoms with Crippen molar-refractivity contribution in [1.82, 2.24) is 0 Å². The maximum absolute atomic E-state index is 12.9. The van der Waals surface area contributed by atoms with Gasteiger partial charge >= 0.3 is 0 Å². The van der Waals surface area contributed by atoms with Crippen LogP contribution >= 0.6 is 0 Å². The zero-order valence-corrected chi connectivity index (χ0v) is 13.4. The number of hydrogen-bond donors (Lipinski definition) is 0. The maximum atomic E-state index is 12.9. The van der Waals surface area contributed by atoms with Crippen molar-refractivity contribution in [2.24, 2.45) is 0 Å². The Labute approximate surface area is 135 Å². The molecule has 1 saturated heterocycles. The van der Waals surface area contributed by atoms with E-state index in [0.717, 1.165) is 24.2 Å². The first kappa shape index (κ1) is 13.3. The van der Waals surface area contributed by atoms with Gasteiger partial charge in [-0.25, -0.2) is 0 Å². The average Bonchev–Trinajstić information content (AvgIpc) is 2.96. The predicted octanol–water partition coefficient (Wildman–Crippen LogP) is 3.84. The highest BCUT2D eigenvalue weighted by Crippen LogP contribution is 2.66. The monoisotopic (exact) mass is 305 g/mol. The van der Waals surface area contributed by atoms with E-state index in [1.165, 1.54) is 11.1 Å². The number of amides is 1. The third kappa shape index (κ3) is 1.56. The lowest BCUT2D eigenvalue weighted by Gasteiger charge is -2.26. The molecule has 3 atom stereocenters. The van der Waals surface area contributed by atoms with Gasteiger partial charge in [0.25, 0.3) is 5.91 Å². The average molecular weight is 305 g/mol. The number of nitrogens with zero attached hydrogens (tertiary/aromatic N) is 1. The molecule has 0 bridgehead atoms. The van der Waals surface area contributed by atoms with E-state index < -0.39 is 0 Å². The number of fused-ring (bicyclic) bond motifs is 2. The topological polar surface area (TPSA) is 32.8 Å². The van der Waals surface area contributed by atoms with Gasteiger partial charge in [-0.05, 0) is 49.6 Å². The molecule has 5 rings (SSSR count). The Morgan fingerprint density at radius 3 is 2.70 bits per heavy atom. The lowest BCUT2D eigenvalue weighted by atomic mass is 9.72. The molecule has 0 spiro atoms. The van der Waals surface area contributed by atoms with Crippen LogP contribution in [0.1, 0.15) is 47.7 Å². The largest absolute Gasteiger partial charge is 0.358 e. The van der Waals surface area contributed by atoms with Crippen LogP contribution in [0.15, 0.2) is 48.5 Å². The molecule has 116 valence electrons. The van der Waals surface area contributed by atoms with Gasteiger partial charge in [-0.3, -0.25) is 4.79 Å². The van der Waals surface area contributed by atoms with Gasteiger partial charge in [0.15, 0.2) is 0 Å². The molecule has 1 fully saturated rings. The molecule has 3 heteroatoms. The van der Waals surface area contributed by atoms with E-state index in [1.54, 1.807) is 0 Å². The molecule has 0 aromatic heterocycles. The molecule has 2 aromatic carbocycles. The lowest BCUT2D eigenvalue weighted by molar-refractivity contribution is 0.0987. The summed E-state index contributed by atoms with van der Waals surface area (Å²) < 4.78 is 6.12. The van der Waals surface area contributed by atoms with E-state index in [2.05, 4.69) is 32.0 Å². The summed E-state index contributed by atoms with van der Waals surface area (Å²) in [6.07, 6.45) is 0.992. The van der Waals surface area contributed by atoms with Crippen molar-refractivity contribution in [2.75, 3.05) is 11.4 Å². The fourth-order valence-electron chi connectivity index (χ4n) is 4.61. The summed E-state index contributed by atoms with van der Waals surface area (Å²) in [5, 5.41) is 0. The third-order valence-corrected chi connectivity index (χ3v) is 6.00. The molecule has 1 aliphatic carbocycles. The van der Waals surface area contributed by atoms with Crippen LogP contribution in [0, 0.1) is 0 Å². The fraction of sp³-hybridized carbons (Fsp3) is 0.350. The van der Waals surface area contributed by atoms with Crippen molar-refractivity contribution in [1.29, 1.82) is 0 Å². The number of epoxide rings is 1. The number of rotatable bonds is 1. The zero-order chi connectivity index (χ0) is 15.8. The molecule has 0 unspecified atom stereocenters. The minimum atomic E-state index is -0.180. The van der Waals surface area contributed by atoms with Crippen molar-refractivity contribution in [3.63, 3.8) is 0 Å². The Kier molecular flexibility index (Phi) is 2.34. The van der Waals surface area contributed by atoms with Gasteiger partial charge in [-0.1, -0.05) is 30.3 Å². The molecule has 0 N–H and O–H groups in total. The summed E-state index contributed by atoms with van der Waals surface area (Å²) in [5.74, 6) is 0.479. The van der Waals surface area contributed by atoms with Gasteiger partial charge < -0.3 is 9.64 Å². The van der Waals surface area contributed by atoms with Crippen molar-refractivity contribution in [3.05, 3.63) is 65.2 Å². The van der Waals surface area contributed by atoms with Crippen LogP contribution in [0.4, 0.5) is 5.69 Å². The second kappa shape index (κ2) is 4.04. The molecule has 3 aliphatic rings. The van der Waals surface area contributed by atoms with Crippen LogP contribution < -0.4 is 4.90 Å². The van der Waals surface area contributed by atoms with Crippen LogP contribution in [0.2, 0.25) is 0 Å². The van der Waals surface area contributed by atoms with Gasteiger partial charge in [-0.2, -0.15) is 0 Å². The molecule has 0 radical (unpaired) electrons. The van der Waals surface area contributed by atoms with E-state index in [4.69, 9.17) is 4.74 Å². The molecule has 2 heterocycles. The Morgan fingerprint density at radius 2 is 1.91 bits per heavy atom. The number of hydrogen-bond acceptors (Lipinski definition) is 2. The first-order valence-corrected chi connectivity index (χ1v) is 8.24. The smallest absolute Gasteiger partial charge is 0.258 e. The van der Waals surface area contributed by atoms with Crippen LogP contribution in [0.3, 0.4) is 0 Å². The second-order valence-corrected chi connectivity index (χ2v) is 7.29. The second-order valence-electron chi connectivity index (χ2n) is 7.29. The molecule has 2 aromatic rings. The minimum absolute atomic E-state index is 0.0743. The van der Waals surface area contributed by atoms with Crippen LogP contribution in [0.25, 0.3) is 0 Å². The standard InChI is InChI=1S/C20H19NO2/c1-19-11-14-12-21(18(22)13-7-4-3-5-8-13)16-10-6-9-15(17(14)16)20(19,2)23-19/h3-10,14H,11-12H2,1-2H3/t14-,19+,20-/m0/s1. The number of carbonyl (C=O) groups is 1. The summed E-state index contributed by atoms with van der Waals surface area (Å²) in [6.45, 7) is 5.14. The normalized spacial score (nSPS) is 33.1. The highest BCUT2D eigenvalue weighted by Gasteiger charge is 2.69. The minimum Gasteiger partial charge on any atom is -0.358 e. The fourth-order valence-corrected chi connectivity index (χ4v) is 4.61. The highest BCUT2D eigenvalue weighted by atomic mass is 16.6. The maximum Gasteiger partial charge on any atom is 0.258 e. The molecular weight excluding hydrogens is 286 g/mol. The number of carbonyl (C=O) groups excluding carboxylic acids is 1. The Hall–Kier alpha value is -2.13.